The van der Waals surface area contributed by atoms with Gasteiger partial charge >= 0.3 is 11.8 Å². The standard InChI is InChI=1S/C16H17ClFN3O2S/c1-21(2)14(10-5-6-24-9-10)8-19-15(22)16(23)20-11-3-4-13(18)12(17)7-11/h3-7,9,14H,8H2,1-2H3,(H,19,22)(H,20,23). The first-order valence-corrected chi connectivity index (χ1v) is 8.43. The maximum atomic E-state index is 13.1. The van der Waals surface area contributed by atoms with Crippen LogP contribution in [0.5, 0.6) is 0 Å². The number of carbonyl (C=O) groups is 2. The van der Waals surface area contributed by atoms with Crippen LogP contribution in [0.1, 0.15) is 11.6 Å². The van der Waals surface area contributed by atoms with Gasteiger partial charge in [-0.25, -0.2) is 4.39 Å². The Labute approximate surface area is 148 Å². The predicted octanol–water partition coefficient (Wildman–Crippen LogP) is 2.90. The van der Waals surface area contributed by atoms with Crippen LogP contribution in [-0.2, 0) is 9.59 Å². The second-order valence-corrected chi connectivity index (χ2v) is 6.52. The van der Waals surface area contributed by atoms with Gasteiger partial charge in [0.25, 0.3) is 0 Å². The first-order chi connectivity index (χ1) is 11.4. The Hall–Kier alpha value is -1.96. The fraction of sp³-hybridized carbons (Fsp3) is 0.250. The molecule has 0 aliphatic heterocycles. The van der Waals surface area contributed by atoms with E-state index in [4.69, 9.17) is 11.6 Å². The summed E-state index contributed by atoms with van der Waals surface area (Å²) >= 11 is 7.21. The summed E-state index contributed by atoms with van der Waals surface area (Å²) in [4.78, 5) is 25.8. The number of likely N-dealkylation sites (N-methyl/N-ethyl adjacent to an activating group) is 1. The van der Waals surface area contributed by atoms with Crippen LogP contribution in [-0.4, -0.2) is 37.4 Å². The number of thiophene rings is 1. The number of anilines is 1. The maximum Gasteiger partial charge on any atom is 0.313 e. The highest BCUT2D eigenvalue weighted by atomic mass is 35.5. The molecule has 2 N–H and O–H groups in total. The highest BCUT2D eigenvalue weighted by Crippen LogP contribution is 2.20. The molecule has 0 aliphatic carbocycles. The van der Waals surface area contributed by atoms with Crippen LogP contribution in [0, 0.1) is 5.82 Å². The van der Waals surface area contributed by atoms with Crippen LogP contribution in [0.4, 0.5) is 10.1 Å². The molecule has 1 heterocycles. The van der Waals surface area contributed by atoms with Gasteiger partial charge in [0.15, 0.2) is 0 Å². The summed E-state index contributed by atoms with van der Waals surface area (Å²) in [5.41, 5.74) is 1.32. The van der Waals surface area contributed by atoms with Crippen LogP contribution < -0.4 is 10.6 Å². The molecule has 0 aliphatic rings. The van der Waals surface area contributed by atoms with Crippen molar-refractivity contribution in [3.05, 3.63) is 51.4 Å². The molecular weight excluding hydrogens is 353 g/mol. The molecule has 0 saturated heterocycles. The summed E-state index contributed by atoms with van der Waals surface area (Å²) in [5, 5.41) is 8.82. The third-order valence-corrected chi connectivity index (χ3v) is 4.38. The van der Waals surface area contributed by atoms with Crippen LogP contribution in [0.2, 0.25) is 5.02 Å². The lowest BCUT2D eigenvalue weighted by Crippen LogP contribution is -2.40. The number of nitrogens with one attached hydrogen (secondary N) is 2. The second-order valence-electron chi connectivity index (χ2n) is 5.33. The molecule has 5 nitrogen and oxygen atoms in total. The summed E-state index contributed by atoms with van der Waals surface area (Å²) < 4.78 is 13.1. The molecule has 128 valence electrons. The Morgan fingerprint density at radius 2 is 2.04 bits per heavy atom. The van der Waals surface area contributed by atoms with Gasteiger partial charge in [0.2, 0.25) is 0 Å². The van der Waals surface area contributed by atoms with Crippen molar-refractivity contribution in [3.63, 3.8) is 0 Å². The molecule has 2 amide bonds. The molecule has 2 aromatic rings. The molecular formula is C16H17ClFN3O2S. The zero-order valence-corrected chi connectivity index (χ0v) is 14.7. The van der Waals surface area contributed by atoms with Gasteiger partial charge in [-0.05, 0) is 54.7 Å². The number of amides is 2. The molecule has 0 spiro atoms. The summed E-state index contributed by atoms with van der Waals surface area (Å²) in [6.45, 7) is 0.292. The van der Waals surface area contributed by atoms with Crippen molar-refractivity contribution in [2.75, 3.05) is 26.0 Å². The average molecular weight is 370 g/mol. The Bertz CT molecular complexity index is 722. The van der Waals surface area contributed by atoms with Crippen molar-refractivity contribution >= 4 is 40.4 Å². The molecule has 0 bridgehead atoms. The molecule has 1 aromatic heterocycles. The molecule has 1 aromatic carbocycles. The van der Waals surface area contributed by atoms with E-state index < -0.39 is 17.6 Å². The predicted molar refractivity (Wildman–Crippen MR) is 93.8 cm³/mol. The number of benzene rings is 1. The van der Waals surface area contributed by atoms with E-state index in [9.17, 15) is 14.0 Å². The van der Waals surface area contributed by atoms with Crippen LogP contribution >= 0.6 is 22.9 Å². The van der Waals surface area contributed by atoms with Crippen LogP contribution in [0.25, 0.3) is 0 Å². The fourth-order valence-corrected chi connectivity index (χ4v) is 2.98. The van der Waals surface area contributed by atoms with Gasteiger partial charge < -0.3 is 15.5 Å². The summed E-state index contributed by atoms with van der Waals surface area (Å²) in [6.07, 6.45) is 0. The number of carbonyl (C=O) groups excluding carboxylic acids is 2. The minimum atomic E-state index is -0.833. The number of hydrogen-bond donors (Lipinski definition) is 2. The van der Waals surface area contributed by atoms with E-state index in [1.165, 1.54) is 12.1 Å². The zero-order valence-electron chi connectivity index (χ0n) is 13.2. The Balaban J connectivity index is 1.93. The zero-order chi connectivity index (χ0) is 17.7. The Morgan fingerprint density at radius 3 is 2.62 bits per heavy atom. The SMILES string of the molecule is CN(C)C(CNC(=O)C(=O)Nc1ccc(F)c(Cl)c1)c1ccsc1. The monoisotopic (exact) mass is 369 g/mol. The summed E-state index contributed by atoms with van der Waals surface area (Å²) in [5.74, 6) is -2.19. The summed E-state index contributed by atoms with van der Waals surface area (Å²) in [7, 11) is 3.80. The van der Waals surface area contributed by atoms with Gasteiger partial charge in [-0.2, -0.15) is 11.3 Å². The summed E-state index contributed by atoms with van der Waals surface area (Å²) in [6, 6.07) is 5.64. The average Bonchev–Trinajstić information content (AvgIpc) is 3.04. The van der Waals surface area contributed by atoms with Gasteiger partial charge in [-0.15, -0.1) is 0 Å². The largest absolute Gasteiger partial charge is 0.346 e. The quantitative estimate of drug-likeness (QED) is 0.797. The number of rotatable bonds is 5. The second kappa shape index (κ2) is 8.23. The number of hydrogen-bond acceptors (Lipinski definition) is 4. The minimum Gasteiger partial charge on any atom is -0.346 e. The van der Waals surface area contributed by atoms with Gasteiger partial charge in [0.05, 0.1) is 11.1 Å². The molecule has 24 heavy (non-hydrogen) atoms. The lowest BCUT2D eigenvalue weighted by molar-refractivity contribution is -0.136. The topological polar surface area (TPSA) is 61.4 Å². The van der Waals surface area contributed by atoms with E-state index >= 15 is 0 Å². The van der Waals surface area contributed by atoms with Crippen LogP contribution in [0.15, 0.2) is 35.0 Å². The number of halogens is 2. The molecule has 0 radical (unpaired) electrons. The first-order valence-electron chi connectivity index (χ1n) is 7.11. The third-order valence-electron chi connectivity index (χ3n) is 3.39. The minimum absolute atomic E-state index is 0.0340. The molecule has 1 unspecified atom stereocenters. The third kappa shape index (κ3) is 4.77. The molecule has 2 rings (SSSR count). The molecule has 8 heteroatoms. The van der Waals surface area contributed by atoms with Crippen molar-refractivity contribution in [3.8, 4) is 0 Å². The van der Waals surface area contributed by atoms with Crippen molar-refractivity contribution in [1.29, 1.82) is 0 Å². The van der Waals surface area contributed by atoms with E-state index in [2.05, 4.69) is 10.6 Å². The Morgan fingerprint density at radius 1 is 1.29 bits per heavy atom. The van der Waals surface area contributed by atoms with Crippen molar-refractivity contribution in [2.45, 2.75) is 6.04 Å². The molecule has 0 saturated carbocycles. The van der Waals surface area contributed by atoms with E-state index in [0.29, 0.717) is 6.54 Å². The van der Waals surface area contributed by atoms with Gasteiger partial charge in [0, 0.05) is 12.2 Å². The van der Waals surface area contributed by atoms with Gasteiger partial charge in [-0.1, -0.05) is 11.6 Å². The Kier molecular flexibility index (Phi) is 6.30. The van der Waals surface area contributed by atoms with Gasteiger partial charge in [0.1, 0.15) is 5.82 Å². The highest BCUT2D eigenvalue weighted by molar-refractivity contribution is 7.08. The lowest BCUT2D eigenvalue weighted by atomic mass is 10.1. The van der Waals surface area contributed by atoms with Crippen molar-refractivity contribution in [1.82, 2.24) is 10.2 Å². The number of nitrogens with zero attached hydrogens (tertiary/aromatic N) is 1. The smallest absolute Gasteiger partial charge is 0.313 e. The molecule has 1 atom stereocenters. The lowest BCUT2D eigenvalue weighted by Gasteiger charge is -2.23. The highest BCUT2D eigenvalue weighted by Gasteiger charge is 2.19. The van der Waals surface area contributed by atoms with Crippen molar-refractivity contribution in [2.24, 2.45) is 0 Å². The first kappa shape index (κ1) is 18.4. The van der Waals surface area contributed by atoms with Crippen LogP contribution in [0.3, 0.4) is 0 Å². The van der Waals surface area contributed by atoms with Crippen molar-refractivity contribution < 1.29 is 14.0 Å². The van der Waals surface area contributed by atoms with E-state index in [1.807, 2.05) is 35.8 Å². The molecule has 0 fully saturated rings. The van der Waals surface area contributed by atoms with Gasteiger partial charge in [-0.3, -0.25) is 9.59 Å². The fourth-order valence-electron chi connectivity index (χ4n) is 2.09. The van der Waals surface area contributed by atoms with E-state index in [1.54, 1.807) is 11.3 Å². The van der Waals surface area contributed by atoms with E-state index in [-0.39, 0.29) is 16.8 Å². The maximum absolute atomic E-state index is 13.1. The van der Waals surface area contributed by atoms with E-state index in [0.717, 1.165) is 11.6 Å². The normalized spacial score (nSPS) is 12.0.